The molecule has 0 saturated heterocycles. The van der Waals surface area contributed by atoms with Crippen LogP contribution in [0.4, 0.5) is 10.2 Å². The average molecular weight is 181 g/mol. The zero-order chi connectivity index (χ0) is 9.84. The zero-order valence-corrected chi connectivity index (χ0v) is 7.76. The smallest absolute Gasteiger partial charge is 0.186 e. The monoisotopic (exact) mass is 181 g/mol. The predicted octanol–water partition coefficient (Wildman–Crippen LogP) is 1.91. The van der Waals surface area contributed by atoms with E-state index in [4.69, 9.17) is 0 Å². The van der Waals surface area contributed by atoms with Crippen LogP contribution in [-0.4, -0.2) is 16.5 Å². The van der Waals surface area contributed by atoms with Crippen LogP contribution in [-0.2, 0) is 0 Å². The molecule has 70 valence electrons. The molecule has 0 aliphatic rings. The Morgan fingerprint density at radius 3 is 2.92 bits per heavy atom. The minimum absolute atomic E-state index is 0.232. The first-order valence-corrected chi connectivity index (χ1v) is 3.96. The molecule has 0 spiro atoms. The van der Waals surface area contributed by atoms with E-state index < -0.39 is 5.82 Å². The molecule has 3 nitrogen and oxygen atoms in total. The van der Waals surface area contributed by atoms with Crippen molar-refractivity contribution >= 4 is 5.82 Å². The van der Waals surface area contributed by atoms with E-state index in [2.05, 4.69) is 21.9 Å². The minimum atomic E-state index is -0.399. The molecule has 1 aromatic rings. The Bertz CT molecular complexity index is 323. The summed E-state index contributed by atoms with van der Waals surface area (Å²) in [5, 5.41) is 2.83. The van der Waals surface area contributed by atoms with Crippen LogP contribution in [0.5, 0.6) is 0 Å². The third kappa shape index (κ3) is 2.50. The molecule has 0 radical (unpaired) electrons. The number of hydrogen-bond acceptors (Lipinski definition) is 3. The highest BCUT2D eigenvalue weighted by atomic mass is 19.1. The highest BCUT2D eigenvalue weighted by molar-refractivity contribution is 5.37. The topological polar surface area (TPSA) is 37.8 Å². The molecule has 0 aromatic carbocycles. The Balaban J connectivity index is 2.77. The Kier molecular flexibility index (Phi) is 2.95. The standard InChI is InChI=1S/C9H12FN3/c1-6(2)4-11-9-8(10)7(3)12-5-13-9/h5H,1,4H2,2-3H3,(H,11,12,13). The normalized spacial score (nSPS) is 9.77. The van der Waals surface area contributed by atoms with Crippen molar-refractivity contribution in [1.82, 2.24) is 9.97 Å². The van der Waals surface area contributed by atoms with Crippen LogP contribution < -0.4 is 5.32 Å². The van der Waals surface area contributed by atoms with Crippen LogP contribution in [0.2, 0.25) is 0 Å². The third-order valence-corrected chi connectivity index (χ3v) is 1.52. The quantitative estimate of drug-likeness (QED) is 0.724. The van der Waals surface area contributed by atoms with Gasteiger partial charge in [0.1, 0.15) is 6.33 Å². The second kappa shape index (κ2) is 3.98. The molecule has 13 heavy (non-hydrogen) atoms. The first-order valence-electron chi connectivity index (χ1n) is 3.96. The van der Waals surface area contributed by atoms with Gasteiger partial charge in [-0.15, -0.1) is 0 Å². The Hall–Kier alpha value is -1.45. The van der Waals surface area contributed by atoms with Crippen LogP contribution in [0.3, 0.4) is 0 Å². The van der Waals surface area contributed by atoms with Crippen molar-refractivity contribution < 1.29 is 4.39 Å². The summed E-state index contributed by atoms with van der Waals surface area (Å²) in [5.41, 5.74) is 1.27. The SMILES string of the molecule is C=C(C)CNc1ncnc(C)c1F. The van der Waals surface area contributed by atoms with E-state index in [0.717, 1.165) is 5.57 Å². The lowest BCUT2D eigenvalue weighted by Crippen LogP contribution is -2.07. The predicted molar refractivity (Wildman–Crippen MR) is 50.0 cm³/mol. The van der Waals surface area contributed by atoms with Gasteiger partial charge in [0, 0.05) is 6.54 Å². The molecule has 1 heterocycles. The molecule has 0 saturated carbocycles. The summed E-state index contributed by atoms with van der Waals surface area (Å²) in [4.78, 5) is 7.49. The molecule has 0 aliphatic heterocycles. The summed E-state index contributed by atoms with van der Waals surface area (Å²) in [7, 11) is 0. The van der Waals surface area contributed by atoms with E-state index in [1.165, 1.54) is 6.33 Å². The number of rotatable bonds is 3. The molecule has 0 fully saturated rings. The average Bonchev–Trinajstić information content (AvgIpc) is 2.07. The van der Waals surface area contributed by atoms with E-state index in [1.807, 2.05) is 6.92 Å². The van der Waals surface area contributed by atoms with Gasteiger partial charge in [0.25, 0.3) is 0 Å². The molecule has 0 unspecified atom stereocenters. The number of nitrogens with one attached hydrogen (secondary N) is 1. The molecule has 0 bridgehead atoms. The summed E-state index contributed by atoms with van der Waals surface area (Å²) in [6.45, 7) is 7.68. The highest BCUT2D eigenvalue weighted by Gasteiger charge is 2.05. The van der Waals surface area contributed by atoms with E-state index in [9.17, 15) is 4.39 Å². The summed E-state index contributed by atoms with van der Waals surface area (Å²) < 4.78 is 13.2. The van der Waals surface area contributed by atoms with Crippen LogP contribution >= 0.6 is 0 Å². The Morgan fingerprint density at radius 1 is 1.62 bits per heavy atom. The third-order valence-electron chi connectivity index (χ3n) is 1.52. The van der Waals surface area contributed by atoms with E-state index in [0.29, 0.717) is 12.2 Å². The van der Waals surface area contributed by atoms with Gasteiger partial charge in [-0.3, -0.25) is 0 Å². The van der Waals surface area contributed by atoms with E-state index in [-0.39, 0.29) is 5.82 Å². The number of aromatic nitrogens is 2. The summed E-state index contributed by atoms with van der Waals surface area (Å²) >= 11 is 0. The summed E-state index contributed by atoms with van der Waals surface area (Å²) in [6.07, 6.45) is 1.33. The highest BCUT2D eigenvalue weighted by Crippen LogP contribution is 2.11. The van der Waals surface area contributed by atoms with Crippen LogP contribution in [0, 0.1) is 12.7 Å². The molecule has 1 N–H and O–H groups in total. The van der Waals surface area contributed by atoms with Gasteiger partial charge in [-0.2, -0.15) is 0 Å². The summed E-state index contributed by atoms with van der Waals surface area (Å²) in [5.74, 6) is -0.167. The van der Waals surface area contributed by atoms with Crippen molar-refractivity contribution in [2.75, 3.05) is 11.9 Å². The molecule has 1 rings (SSSR count). The Labute approximate surface area is 76.7 Å². The molecular formula is C9H12FN3. The van der Waals surface area contributed by atoms with Gasteiger partial charge >= 0.3 is 0 Å². The van der Waals surface area contributed by atoms with Gasteiger partial charge in [0.05, 0.1) is 5.69 Å². The molecule has 0 aliphatic carbocycles. The number of halogens is 1. The lowest BCUT2D eigenvalue weighted by atomic mass is 10.3. The van der Waals surface area contributed by atoms with Gasteiger partial charge in [-0.1, -0.05) is 12.2 Å². The number of hydrogen-bond donors (Lipinski definition) is 1. The second-order valence-electron chi connectivity index (χ2n) is 2.93. The lowest BCUT2D eigenvalue weighted by Gasteiger charge is -2.06. The van der Waals surface area contributed by atoms with Crippen LogP contribution in [0.1, 0.15) is 12.6 Å². The van der Waals surface area contributed by atoms with E-state index in [1.54, 1.807) is 6.92 Å². The van der Waals surface area contributed by atoms with Crippen molar-refractivity contribution in [3.8, 4) is 0 Å². The molecule has 0 atom stereocenters. The molecular weight excluding hydrogens is 169 g/mol. The number of aryl methyl sites for hydroxylation is 1. The van der Waals surface area contributed by atoms with Gasteiger partial charge in [0.15, 0.2) is 11.6 Å². The van der Waals surface area contributed by atoms with Crippen molar-refractivity contribution in [3.05, 3.63) is 30.0 Å². The maximum Gasteiger partial charge on any atom is 0.186 e. The molecule has 0 amide bonds. The number of nitrogens with zero attached hydrogens (tertiary/aromatic N) is 2. The first-order chi connectivity index (χ1) is 6.11. The van der Waals surface area contributed by atoms with Crippen LogP contribution in [0.15, 0.2) is 18.5 Å². The van der Waals surface area contributed by atoms with Crippen molar-refractivity contribution in [2.45, 2.75) is 13.8 Å². The molecule has 1 aromatic heterocycles. The van der Waals surface area contributed by atoms with Crippen LogP contribution in [0.25, 0.3) is 0 Å². The van der Waals surface area contributed by atoms with Crippen molar-refractivity contribution in [1.29, 1.82) is 0 Å². The van der Waals surface area contributed by atoms with E-state index >= 15 is 0 Å². The van der Waals surface area contributed by atoms with Crippen molar-refractivity contribution in [2.24, 2.45) is 0 Å². The Morgan fingerprint density at radius 2 is 2.31 bits per heavy atom. The number of anilines is 1. The van der Waals surface area contributed by atoms with Gasteiger partial charge in [-0.25, -0.2) is 14.4 Å². The fourth-order valence-corrected chi connectivity index (χ4v) is 0.816. The summed E-state index contributed by atoms with van der Waals surface area (Å²) in [6, 6.07) is 0. The molecule has 4 heteroatoms. The second-order valence-corrected chi connectivity index (χ2v) is 2.93. The first kappa shape index (κ1) is 9.64. The zero-order valence-electron chi connectivity index (χ0n) is 7.76. The fourth-order valence-electron chi connectivity index (χ4n) is 0.816. The van der Waals surface area contributed by atoms with Gasteiger partial charge in [-0.05, 0) is 13.8 Å². The lowest BCUT2D eigenvalue weighted by molar-refractivity contribution is 0.605. The van der Waals surface area contributed by atoms with Crippen molar-refractivity contribution in [3.63, 3.8) is 0 Å². The van der Waals surface area contributed by atoms with Gasteiger partial charge < -0.3 is 5.32 Å². The van der Waals surface area contributed by atoms with Gasteiger partial charge in [0.2, 0.25) is 0 Å². The maximum atomic E-state index is 13.2. The largest absolute Gasteiger partial charge is 0.364 e. The minimum Gasteiger partial charge on any atom is -0.364 e. The maximum absolute atomic E-state index is 13.2. The fraction of sp³-hybridized carbons (Fsp3) is 0.333.